The molecule has 0 bridgehead atoms. The molecule has 1 saturated heterocycles. The Kier molecular flexibility index (Phi) is 4.52. The predicted molar refractivity (Wildman–Crippen MR) is 115 cm³/mol. The van der Waals surface area contributed by atoms with E-state index in [9.17, 15) is 4.39 Å². The lowest BCUT2D eigenvalue weighted by atomic mass is 10.3. The zero-order valence-electron chi connectivity index (χ0n) is 15.4. The summed E-state index contributed by atoms with van der Waals surface area (Å²) in [6.45, 7) is 6.09. The Morgan fingerprint density at radius 3 is 2.39 bits per heavy atom. The number of para-hydroxylation sites is 1. The first-order chi connectivity index (χ1) is 13.7. The highest BCUT2D eigenvalue weighted by Gasteiger charge is 2.22. The second kappa shape index (κ2) is 7.18. The Morgan fingerprint density at radius 1 is 0.964 bits per heavy atom. The molecule has 0 radical (unpaired) electrons. The highest BCUT2D eigenvalue weighted by Crippen LogP contribution is 2.34. The summed E-state index contributed by atoms with van der Waals surface area (Å²) in [5, 5.41) is 1.93. The van der Waals surface area contributed by atoms with Crippen LogP contribution in [0.4, 0.5) is 14.7 Å². The first-order valence-corrected chi connectivity index (χ1v) is 10.9. The first-order valence-electron chi connectivity index (χ1n) is 9.29. The van der Waals surface area contributed by atoms with Crippen molar-refractivity contribution < 1.29 is 9.13 Å². The van der Waals surface area contributed by atoms with E-state index >= 15 is 0 Å². The second-order valence-electron chi connectivity index (χ2n) is 6.62. The monoisotopic (exact) mass is 414 g/mol. The zero-order chi connectivity index (χ0) is 19.1. The molecule has 0 spiro atoms. The molecule has 1 fully saturated rings. The highest BCUT2D eigenvalue weighted by atomic mass is 32.1. The van der Waals surface area contributed by atoms with E-state index in [2.05, 4.69) is 20.9 Å². The molecular weight excluding hydrogens is 395 g/mol. The fourth-order valence-electron chi connectivity index (χ4n) is 3.41. The lowest BCUT2D eigenvalue weighted by molar-refractivity contribution is 0.341. The van der Waals surface area contributed by atoms with Crippen molar-refractivity contribution in [2.75, 3.05) is 42.6 Å². The van der Waals surface area contributed by atoms with E-state index in [1.54, 1.807) is 28.7 Å². The Morgan fingerprint density at radius 2 is 1.68 bits per heavy atom. The van der Waals surface area contributed by atoms with E-state index < -0.39 is 0 Å². The minimum atomic E-state index is -0.250. The van der Waals surface area contributed by atoms with Crippen molar-refractivity contribution in [2.45, 2.75) is 6.92 Å². The molecule has 8 heteroatoms. The molecule has 28 heavy (non-hydrogen) atoms. The molecule has 3 heterocycles. The van der Waals surface area contributed by atoms with Gasteiger partial charge in [-0.2, -0.15) is 0 Å². The number of anilines is 2. The molecule has 1 aliphatic heterocycles. The van der Waals surface area contributed by atoms with Crippen LogP contribution in [0.25, 0.3) is 20.4 Å². The van der Waals surface area contributed by atoms with Gasteiger partial charge >= 0.3 is 0 Å². The third-order valence-electron chi connectivity index (χ3n) is 4.84. The predicted octanol–water partition coefficient (Wildman–Crippen LogP) is 4.77. The third-order valence-corrected chi connectivity index (χ3v) is 7.00. The van der Waals surface area contributed by atoms with Crippen molar-refractivity contribution in [1.82, 2.24) is 9.97 Å². The molecule has 0 N–H and O–H groups in total. The summed E-state index contributed by atoms with van der Waals surface area (Å²) >= 11 is 3.25. The summed E-state index contributed by atoms with van der Waals surface area (Å²) in [6.07, 6.45) is 0. The number of hydrogen-bond donors (Lipinski definition) is 0. The number of halogens is 1. The zero-order valence-corrected chi connectivity index (χ0v) is 17.0. The smallest absolute Gasteiger partial charge is 0.186 e. The van der Waals surface area contributed by atoms with Crippen LogP contribution in [0.2, 0.25) is 0 Å². The Hall–Kier alpha value is -2.45. The maximum absolute atomic E-state index is 13.9. The topological polar surface area (TPSA) is 41.5 Å². The van der Waals surface area contributed by atoms with Crippen molar-refractivity contribution in [3.8, 4) is 5.75 Å². The molecule has 0 aliphatic carbocycles. The largest absolute Gasteiger partial charge is 0.494 e. The van der Waals surface area contributed by atoms with Crippen molar-refractivity contribution in [3.63, 3.8) is 0 Å². The van der Waals surface area contributed by atoms with Gasteiger partial charge in [0.15, 0.2) is 10.3 Å². The number of rotatable bonds is 4. The summed E-state index contributed by atoms with van der Waals surface area (Å²) < 4.78 is 21.6. The minimum absolute atomic E-state index is 0.250. The molecule has 2 aromatic carbocycles. The van der Waals surface area contributed by atoms with E-state index in [4.69, 9.17) is 9.72 Å². The molecule has 0 unspecified atom stereocenters. The third kappa shape index (κ3) is 3.16. The summed E-state index contributed by atoms with van der Waals surface area (Å²) in [7, 11) is 0. The molecule has 1 aliphatic rings. The van der Waals surface area contributed by atoms with Crippen molar-refractivity contribution >= 4 is 53.4 Å². The van der Waals surface area contributed by atoms with Crippen LogP contribution in [0.3, 0.4) is 0 Å². The minimum Gasteiger partial charge on any atom is -0.494 e. The lowest BCUT2D eigenvalue weighted by Gasteiger charge is -2.34. The fourth-order valence-corrected chi connectivity index (χ4v) is 5.49. The average molecular weight is 415 g/mol. The highest BCUT2D eigenvalue weighted by molar-refractivity contribution is 7.22. The average Bonchev–Trinajstić information content (AvgIpc) is 3.33. The lowest BCUT2D eigenvalue weighted by Crippen LogP contribution is -2.46. The molecule has 5 rings (SSSR count). The summed E-state index contributed by atoms with van der Waals surface area (Å²) in [4.78, 5) is 13.9. The SMILES string of the molecule is CCOc1ccc2nc(N3CCN(c4nc5c(F)cccc5s4)CC3)sc2c1. The standard InChI is InChI=1S/C20H19FN4OS2/c1-2-26-13-6-7-15-17(12-13)28-19(22-15)24-8-10-25(11-9-24)20-23-18-14(21)4-3-5-16(18)27-20/h3-7,12H,2,8-11H2,1H3. The van der Waals surface area contributed by atoms with Crippen LogP contribution in [0.15, 0.2) is 36.4 Å². The number of nitrogens with zero attached hydrogens (tertiary/aromatic N) is 4. The fraction of sp³-hybridized carbons (Fsp3) is 0.300. The summed E-state index contributed by atoms with van der Waals surface area (Å²) in [5.74, 6) is 0.637. The molecule has 5 nitrogen and oxygen atoms in total. The summed E-state index contributed by atoms with van der Waals surface area (Å²) in [6, 6.07) is 11.2. The molecule has 2 aromatic heterocycles. The molecular formula is C20H19FN4OS2. The number of hydrogen-bond acceptors (Lipinski definition) is 7. The molecule has 144 valence electrons. The van der Waals surface area contributed by atoms with E-state index in [0.29, 0.717) is 12.1 Å². The van der Waals surface area contributed by atoms with Crippen LogP contribution in [0.1, 0.15) is 6.92 Å². The normalized spacial score (nSPS) is 14.9. The van der Waals surface area contributed by atoms with E-state index in [1.165, 1.54) is 6.07 Å². The number of fused-ring (bicyclic) bond motifs is 2. The van der Waals surface area contributed by atoms with Crippen LogP contribution in [-0.4, -0.2) is 42.8 Å². The maximum atomic E-state index is 13.9. The van der Waals surface area contributed by atoms with Gasteiger partial charge in [0.2, 0.25) is 0 Å². The molecule has 4 aromatic rings. The van der Waals surface area contributed by atoms with E-state index in [-0.39, 0.29) is 5.82 Å². The van der Waals surface area contributed by atoms with Crippen molar-refractivity contribution in [3.05, 3.63) is 42.2 Å². The Bertz CT molecular complexity index is 1130. The van der Waals surface area contributed by atoms with Gasteiger partial charge in [0, 0.05) is 26.2 Å². The molecule has 0 amide bonds. The Labute approximate surface area is 170 Å². The van der Waals surface area contributed by atoms with Crippen LogP contribution in [-0.2, 0) is 0 Å². The number of aromatic nitrogens is 2. The number of ether oxygens (including phenoxy) is 1. The van der Waals surface area contributed by atoms with Crippen molar-refractivity contribution in [2.24, 2.45) is 0 Å². The van der Waals surface area contributed by atoms with E-state index in [0.717, 1.165) is 57.1 Å². The van der Waals surface area contributed by atoms with Crippen LogP contribution < -0.4 is 14.5 Å². The van der Waals surface area contributed by atoms with Gasteiger partial charge in [-0.05, 0) is 37.3 Å². The van der Waals surface area contributed by atoms with Gasteiger partial charge in [0.05, 0.1) is 21.5 Å². The number of benzene rings is 2. The van der Waals surface area contributed by atoms with Gasteiger partial charge in [0.1, 0.15) is 17.1 Å². The van der Waals surface area contributed by atoms with Crippen LogP contribution in [0.5, 0.6) is 5.75 Å². The van der Waals surface area contributed by atoms with Gasteiger partial charge < -0.3 is 14.5 Å². The van der Waals surface area contributed by atoms with Gasteiger partial charge in [-0.15, -0.1) is 0 Å². The number of piperazine rings is 1. The quantitative estimate of drug-likeness (QED) is 0.481. The van der Waals surface area contributed by atoms with Crippen LogP contribution >= 0.6 is 22.7 Å². The van der Waals surface area contributed by atoms with Gasteiger partial charge in [-0.1, -0.05) is 28.7 Å². The van der Waals surface area contributed by atoms with Gasteiger partial charge in [-0.3, -0.25) is 0 Å². The Balaban J connectivity index is 1.32. The molecule has 0 atom stereocenters. The first kappa shape index (κ1) is 17.6. The van der Waals surface area contributed by atoms with Crippen LogP contribution in [0, 0.1) is 5.82 Å². The van der Waals surface area contributed by atoms with Gasteiger partial charge in [0.25, 0.3) is 0 Å². The van der Waals surface area contributed by atoms with Crippen molar-refractivity contribution in [1.29, 1.82) is 0 Å². The maximum Gasteiger partial charge on any atom is 0.186 e. The summed E-state index contributed by atoms with van der Waals surface area (Å²) in [5.41, 5.74) is 1.48. The second-order valence-corrected chi connectivity index (χ2v) is 8.63. The molecule has 0 saturated carbocycles. The van der Waals surface area contributed by atoms with E-state index in [1.807, 2.05) is 25.1 Å². The number of thiazole rings is 2. The van der Waals surface area contributed by atoms with Gasteiger partial charge in [-0.25, -0.2) is 14.4 Å².